The summed E-state index contributed by atoms with van der Waals surface area (Å²) in [5.41, 5.74) is 0.476. The van der Waals surface area contributed by atoms with Gasteiger partial charge in [-0.2, -0.15) is 0 Å². The summed E-state index contributed by atoms with van der Waals surface area (Å²) in [6, 6.07) is 3.62. The molecule has 1 aromatic heterocycles. The maximum atomic E-state index is 13.3. The van der Waals surface area contributed by atoms with Gasteiger partial charge in [0.1, 0.15) is 32.0 Å². The minimum atomic E-state index is -3.01. The number of morpholine rings is 1. The first-order valence-corrected chi connectivity index (χ1v) is 9.18. The molecule has 0 unspecified atom stereocenters. The van der Waals surface area contributed by atoms with E-state index in [2.05, 4.69) is 0 Å². The molecule has 0 radical (unpaired) electrons. The third-order valence-corrected chi connectivity index (χ3v) is 6.96. The van der Waals surface area contributed by atoms with Crippen molar-refractivity contribution in [1.29, 1.82) is 0 Å². The number of furan rings is 1. The van der Waals surface area contributed by atoms with Gasteiger partial charge in [0, 0.05) is 5.16 Å². The molecule has 2 rings (SSSR count). The summed E-state index contributed by atoms with van der Waals surface area (Å²) >= 11 is 0. The predicted molar refractivity (Wildman–Crippen MR) is 82.8 cm³/mol. The molecule has 0 bridgehead atoms. The molecule has 1 saturated heterocycles. The van der Waals surface area contributed by atoms with Crippen LogP contribution >= 0.6 is 7.37 Å². The van der Waals surface area contributed by atoms with Crippen molar-refractivity contribution in [2.24, 2.45) is 0 Å². The Hall–Kier alpha value is -0.610. The number of ether oxygens (including phenoxy) is 1. The van der Waals surface area contributed by atoms with Crippen LogP contribution in [0.25, 0.3) is 0 Å². The highest BCUT2D eigenvalue weighted by atomic mass is 31.2. The smallest absolute Gasteiger partial charge is 0.271 e. The number of rotatable bonds is 5. The van der Waals surface area contributed by atoms with Crippen LogP contribution in [0.1, 0.15) is 26.5 Å². The van der Waals surface area contributed by atoms with E-state index in [9.17, 15) is 4.57 Å². The third-order valence-electron chi connectivity index (χ3n) is 3.83. The minimum Gasteiger partial charge on any atom is -0.456 e. The van der Waals surface area contributed by atoms with E-state index in [1.54, 1.807) is 6.07 Å². The van der Waals surface area contributed by atoms with Crippen molar-refractivity contribution in [2.75, 3.05) is 39.5 Å². The van der Waals surface area contributed by atoms with Crippen LogP contribution in [0.3, 0.4) is 0 Å². The Bertz CT molecular complexity index is 500. The molecule has 0 aliphatic carbocycles. The molecular weight excluding hydrogens is 289 g/mol. The molecule has 0 aromatic carbocycles. The Kier molecular flexibility index (Phi) is 5.31. The topological polar surface area (TPSA) is 53.1 Å². The van der Waals surface area contributed by atoms with Crippen molar-refractivity contribution in [3.8, 4) is 0 Å². The lowest BCUT2D eigenvalue weighted by atomic mass is 10.3. The Labute approximate surface area is 127 Å². The number of aryl methyl sites for hydroxylation is 1. The van der Waals surface area contributed by atoms with Crippen LogP contribution in [0, 0.1) is 6.92 Å². The Morgan fingerprint density at radius 2 is 1.95 bits per heavy atom. The van der Waals surface area contributed by atoms with Crippen molar-refractivity contribution in [3.05, 3.63) is 17.9 Å². The van der Waals surface area contributed by atoms with Gasteiger partial charge in [0.2, 0.25) is 0 Å². The quantitative estimate of drug-likeness (QED) is 0.830. The monoisotopic (exact) mass is 316 g/mol. The lowest BCUT2D eigenvalue weighted by molar-refractivity contribution is -0.908. The molecule has 5 nitrogen and oxygen atoms in total. The summed E-state index contributed by atoms with van der Waals surface area (Å²) < 4.78 is 30.2. The van der Waals surface area contributed by atoms with E-state index in [1.807, 2.05) is 33.8 Å². The average Bonchev–Trinajstić information content (AvgIpc) is 2.85. The van der Waals surface area contributed by atoms with Gasteiger partial charge < -0.3 is 18.6 Å². The summed E-state index contributed by atoms with van der Waals surface area (Å²) in [7, 11) is -3.01. The van der Waals surface area contributed by atoms with Gasteiger partial charge >= 0.3 is 0 Å². The molecule has 1 fully saturated rings. The van der Waals surface area contributed by atoms with Crippen molar-refractivity contribution >= 4 is 12.9 Å². The number of nitrogens with one attached hydrogen (secondary N) is 1. The highest BCUT2D eigenvalue weighted by Gasteiger charge is 2.42. The number of hydrogen-bond donors (Lipinski definition) is 1. The zero-order chi connectivity index (χ0) is 15.5. The van der Waals surface area contributed by atoms with Crippen LogP contribution in [0.5, 0.6) is 0 Å². The lowest BCUT2D eigenvalue weighted by Gasteiger charge is -2.30. The fourth-order valence-electron chi connectivity index (χ4n) is 2.40. The maximum Gasteiger partial charge on any atom is 0.271 e. The van der Waals surface area contributed by atoms with Gasteiger partial charge in [0.15, 0.2) is 5.50 Å². The zero-order valence-electron chi connectivity index (χ0n) is 13.5. The van der Waals surface area contributed by atoms with Gasteiger partial charge in [0.05, 0.1) is 13.2 Å². The Balaban J connectivity index is 2.02. The molecule has 0 spiro atoms. The van der Waals surface area contributed by atoms with Gasteiger partial charge in [-0.15, -0.1) is 0 Å². The molecule has 21 heavy (non-hydrogen) atoms. The molecule has 1 N–H and O–H groups in total. The highest BCUT2D eigenvalue weighted by Crippen LogP contribution is 2.57. The van der Waals surface area contributed by atoms with Gasteiger partial charge in [-0.05, 0) is 19.1 Å². The van der Waals surface area contributed by atoms with Crippen LogP contribution in [-0.2, 0) is 13.8 Å². The lowest BCUT2D eigenvalue weighted by Crippen LogP contribution is -3.14. The van der Waals surface area contributed by atoms with E-state index in [0.717, 1.165) is 38.6 Å². The van der Waals surface area contributed by atoms with Gasteiger partial charge in [-0.1, -0.05) is 20.8 Å². The minimum absolute atomic E-state index is 0.475. The normalized spacial score (nSPS) is 20.4. The summed E-state index contributed by atoms with van der Waals surface area (Å²) in [5, 5.41) is -0.475. The van der Waals surface area contributed by atoms with Gasteiger partial charge in [-0.3, -0.25) is 4.57 Å². The third kappa shape index (κ3) is 3.98. The molecular formula is C15H27NO4P+. The van der Waals surface area contributed by atoms with Crippen molar-refractivity contribution in [1.82, 2.24) is 0 Å². The van der Waals surface area contributed by atoms with E-state index >= 15 is 0 Å². The van der Waals surface area contributed by atoms with E-state index in [0.29, 0.717) is 12.1 Å². The second kappa shape index (κ2) is 6.66. The van der Waals surface area contributed by atoms with E-state index in [-0.39, 0.29) is 0 Å². The molecule has 1 aromatic rings. The molecule has 0 amide bonds. The zero-order valence-corrected chi connectivity index (χ0v) is 14.4. The van der Waals surface area contributed by atoms with Crippen LogP contribution in [0.15, 0.2) is 16.5 Å². The summed E-state index contributed by atoms with van der Waals surface area (Å²) in [6.45, 7) is 12.6. The first-order valence-electron chi connectivity index (χ1n) is 7.56. The molecule has 1 atom stereocenters. The molecule has 1 aliphatic rings. The fourth-order valence-corrected chi connectivity index (χ4v) is 4.46. The molecule has 1 aliphatic heterocycles. The molecule has 2 heterocycles. The van der Waals surface area contributed by atoms with Crippen LogP contribution in [0.4, 0.5) is 0 Å². The molecule has 0 saturated carbocycles. The van der Waals surface area contributed by atoms with E-state index < -0.39 is 12.5 Å². The van der Waals surface area contributed by atoms with Crippen molar-refractivity contribution < 1.29 is 23.1 Å². The van der Waals surface area contributed by atoms with Gasteiger partial charge in [-0.25, -0.2) is 0 Å². The Morgan fingerprint density at radius 1 is 1.29 bits per heavy atom. The largest absolute Gasteiger partial charge is 0.456 e. The SMILES string of the molecule is Cc1ccc([P@@](=O)(OCC[NH+]2CCOCC2)C(C)(C)C)o1. The molecule has 120 valence electrons. The van der Waals surface area contributed by atoms with Gasteiger partial charge in [0.25, 0.3) is 7.37 Å². The van der Waals surface area contributed by atoms with E-state index in [1.165, 1.54) is 4.90 Å². The first-order chi connectivity index (χ1) is 9.83. The number of quaternary nitrogens is 1. The van der Waals surface area contributed by atoms with Crippen molar-refractivity contribution in [3.63, 3.8) is 0 Å². The highest BCUT2D eigenvalue weighted by molar-refractivity contribution is 7.68. The second-order valence-electron chi connectivity index (χ2n) is 6.55. The first kappa shape index (κ1) is 16.8. The second-order valence-corrected chi connectivity index (χ2v) is 9.70. The summed E-state index contributed by atoms with van der Waals surface area (Å²) in [4.78, 5) is 1.44. The van der Waals surface area contributed by atoms with Crippen LogP contribution in [-0.4, -0.2) is 44.6 Å². The fraction of sp³-hybridized carbons (Fsp3) is 0.733. The van der Waals surface area contributed by atoms with Crippen LogP contribution in [0.2, 0.25) is 0 Å². The predicted octanol–water partition coefficient (Wildman–Crippen LogP) is 1.22. The number of hydrogen-bond acceptors (Lipinski definition) is 4. The maximum absolute atomic E-state index is 13.3. The van der Waals surface area contributed by atoms with Crippen LogP contribution < -0.4 is 10.4 Å². The Morgan fingerprint density at radius 3 is 2.48 bits per heavy atom. The average molecular weight is 316 g/mol. The summed E-state index contributed by atoms with van der Waals surface area (Å²) in [5.74, 6) is 0.761. The standard InChI is InChI=1S/C15H26NO4P/c1-13-5-6-14(20-13)21(17,15(2,3)4)19-12-9-16-7-10-18-11-8-16/h5-6H,7-12H2,1-4H3/p+1/t21-/m1/s1. The van der Waals surface area contributed by atoms with E-state index in [4.69, 9.17) is 13.7 Å². The molecule has 6 heteroatoms. The summed E-state index contributed by atoms with van der Waals surface area (Å²) in [6.07, 6.45) is 0. The van der Waals surface area contributed by atoms with Crippen molar-refractivity contribution in [2.45, 2.75) is 32.9 Å².